The number of ether oxygens (including phenoxy) is 1. The number of rotatable bonds is 4. The molecule has 0 unspecified atom stereocenters. The second-order valence-electron chi connectivity index (χ2n) is 4.17. The van der Waals surface area contributed by atoms with Crippen LogP contribution in [0.4, 0.5) is 4.79 Å². The smallest absolute Gasteiger partial charge is 0.409 e. The van der Waals surface area contributed by atoms with E-state index in [1.807, 2.05) is 29.0 Å². The Hall–Kier alpha value is -2.37. The van der Waals surface area contributed by atoms with Gasteiger partial charge < -0.3 is 14.2 Å². The Morgan fingerprint density at radius 1 is 1.32 bits per heavy atom. The molecule has 6 nitrogen and oxygen atoms in total. The number of nitrogens with zero attached hydrogens (tertiary/aromatic N) is 4. The maximum atomic E-state index is 11.3. The summed E-state index contributed by atoms with van der Waals surface area (Å²) in [5, 5.41) is 0. The lowest BCUT2D eigenvalue weighted by atomic mass is 10.3. The molecular weight excluding hydrogens is 244 g/mol. The molecule has 2 rings (SSSR count). The third kappa shape index (κ3) is 3.31. The Labute approximate surface area is 111 Å². The number of amides is 1. The van der Waals surface area contributed by atoms with E-state index in [0.717, 1.165) is 11.5 Å². The van der Waals surface area contributed by atoms with Crippen LogP contribution in [0.2, 0.25) is 0 Å². The summed E-state index contributed by atoms with van der Waals surface area (Å²) in [6.07, 6.45) is 4.92. The first-order chi connectivity index (χ1) is 9.18. The van der Waals surface area contributed by atoms with Gasteiger partial charge in [-0.2, -0.15) is 0 Å². The number of hydrogen-bond donors (Lipinski definition) is 0. The zero-order valence-electron chi connectivity index (χ0n) is 11.0. The molecular formula is C13H16N4O2. The van der Waals surface area contributed by atoms with Gasteiger partial charge in [-0.3, -0.25) is 4.98 Å². The van der Waals surface area contributed by atoms with Crippen molar-refractivity contribution in [1.82, 2.24) is 19.4 Å². The number of aromatic nitrogens is 3. The summed E-state index contributed by atoms with van der Waals surface area (Å²) in [6, 6.07) is 5.66. The maximum Gasteiger partial charge on any atom is 0.409 e. The summed E-state index contributed by atoms with van der Waals surface area (Å²) in [6.45, 7) is 0.846. The van der Waals surface area contributed by atoms with Gasteiger partial charge in [0, 0.05) is 32.7 Å². The van der Waals surface area contributed by atoms with Gasteiger partial charge in [-0.15, -0.1) is 0 Å². The normalized spacial score (nSPS) is 10.2. The molecule has 2 heterocycles. The second-order valence-corrected chi connectivity index (χ2v) is 4.17. The molecule has 1 amide bonds. The van der Waals surface area contributed by atoms with E-state index >= 15 is 0 Å². The molecule has 0 saturated heterocycles. The number of hydrogen-bond acceptors (Lipinski definition) is 4. The predicted octanol–water partition coefficient (Wildman–Crippen LogP) is 1.64. The summed E-state index contributed by atoms with van der Waals surface area (Å²) in [5.74, 6) is 0.765. The van der Waals surface area contributed by atoms with Crippen molar-refractivity contribution in [3.05, 3.63) is 36.8 Å². The van der Waals surface area contributed by atoms with Crippen molar-refractivity contribution in [2.45, 2.75) is 6.54 Å². The highest BCUT2D eigenvalue weighted by molar-refractivity contribution is 5.66. The van der Waals surface area contributed by atoms with Crippen LogP contribution in [0.25, 0.3) is 11.5 Å². The predicted molar refractivity (Wildman–Crippen MR) is 70.5 cm³/mol. The van der Waals surface area contributed by atoms with Gasteiger partial charge in [-0.1, -0.05) is 6.07 Å². The van der Waals surface area contributed by atoms with E-state index in [0.29, 0.717) is 13.2 Å². The van der Waals surface area contributed by atoms with E-state index in [4.69, 9.17) is 4.74 Å². The van der Waals surface area contributed by atoms with Crippen LogP contribution in [0.15, 0.2) is 36.8 Å². The van der Waals surface area contributed by atoms with Crippen molar-refractivity contribution in [3.8, 4) is 11.5 Å². The fourth-order valence-electron chi connectivity index (χ4n) is 1.58. The fourth-order valence-corrected chi connectivity index (χ4v) is 1.58. The zero-order valence-corrected chi connectivity index (χ0v) is 11.0. The van der Waals surface area contributed by atoms with E-state index in [1.54, 1.807) is 26.5 Å². The van der Waals surface area contributed by atoms with E-state index in [2.05, 4.69) is 9.97 Å². The minimum Gasteiger partial charge on any atom is -0.448 e. The molecule has 2 aromatic heterocycles. The molecule has 19 heavy (non-hydrogen) atoms. The van der Waals surface area contributed by atoms with E-state index in [-0.39, 0.29) is 6.09 Å². The van der Waals surface area contributed by atoms with E-state index in [1.165, 1.54) is 4.90 Å². The number of carbonyl (C=O) groups is 1. The van der Waals surface area contributed by atoms with Crippen molar-refractivity contribution in [2.75, 3.05) is 20.7 Å². The largest absolute Gasteiger partial charge is 0.448 e. The molecule has 0 aliphatic heterocycles. The Bertz CT molecular complexity index is 537. The van der Waals surface area contributed by atoms with Crippen LogP contribution in [-0.4, -0.2) is 46.2 Å². The van der Waals surface area contributed by atoms with Gasteiger partial charge in [0.05, 0.1) is 6.54 Å². The topological polar surface area (TPSA) is 60.2 Å². The van der Waals surface area contributed by atoms with E-state index in [9.17, 15) is 4.79 Å². The van der Waals surface area contributed by atoms with Gasteiger partial charge in [-0.25, -0.2) is 9.78 Å². The van der Waals surface area contributed by atoms with Crippen LogP contribution in [0, 0.1) is 0 Å². The minimum atomic E-state index is -0.348. The molecule has 6 heteroatoms. The lowest BCUT2D eigenvalue weighted by Gasteiger charge is -2.12. The first-order valence-electron chi connectivity index (χ1n) is 5.95. The zero-order chi connectivity index (χ0) is 13.7. The molecule has 0 fully saturated rings. The first-order valence-corrected chi connectivity index (χ1v) is 5.95. The summed E-state index contributed by atoms with van der Waals surface area (Å²) < 4.78 is 6.99. The molecule has 100 valence electrons. The number of carbonyl (C=O) groups excluding carboxylic acids is 1. The van der Waals surface area contributed by atoms with Crippen molar-refractivity contribution in [1.29, 1.82) is 0 Å². The van der Waals surface area contributed by atoms with Crippen LogP contribution in [-0.2, 0) is 11.3 Å². The van der Waals surface area contributed by atoms with Gasteiger partial charge >= 0.3 is 6.09 Å². The van der Waals surface area contributed by atoms with Gasteiger partial charge in [0.2, 0.25) is 0 Å². The third-order valence-corrected chi connectivity index (χ3v) is 2.53. The van der Waals surface area contributed by atoms with Crippen LogP contribution in [0.5, 0.6) is 0 Å². The number of imidazole rings is 1. The van der Waals surface area contributed by atoms with Crippen LogP contribution in [0.3, 0.4) is 0 Å². The molecule has 0 spiro atoms. The van der Waals surface area contributed by atoms with Gasteiger partial charge in [0.15, 0.2) is 5.82 Å². The van der Waals surface area contributed by atoms with Crippen molar-refractivity contribution < 1.29 is 9.53 Å². The molecule has 0 saturated carbocycles. The fraction of sp³-hybridized carbons (Fsp3) is 0.308. The SMILES string of the molecule is CN(C)C(=O)OCCn1ccnc1-c1ccccn1. The molecule has 0 atom stereocenters. The Morgan fingerprint density at radius 3 is 2.84 bits per heavy atom. The standard InChI is InChI=1S/C13H16N4O2/c1-16(2)13(18)19-10-9-17-8-7-15-12(17)11-5-3-4-6-14-11/h3-8H,9-10H2,1-2H3. The molecule has 2 aromatic rings. The van der Waals surface area contributed by atoms with Crippen molar-refractivity contribution in [2.24, 2.45) is 0 Å². The summed E-state index contributed by atoms with van der Waals surface area (Å²) in [4.78, 5) is 21.2. The highest BCUT2D eigenvalue weighted by Crippen LogP contribution is 2.13. The maximum absolute atomic E-state index is 11.3. The summed E-state index contributed by atoms with van der Waals surface area (Å²) in [5.41, 5.74) is 0.798. The van der Waals surface area contributed by atoms with E-state index < -0.39 is 0 Å². The Morgan fingerprint density at radius 2 is 2.16 bits per heavy atom. The van der Waals surface area contributed by atoms with Gasteiger partial charge in [0.25, 0.3) is 0 Å². The van der Waals surface area contributed by atoms with Gasteiger partial charge in [-0.05, 0) is 12.1 Å². The van der Waals surface area contributed by atoms with Crippen molar-refractivity contribution >= 4 is 6.09 Å². The van der Waals surface area contributed by atoms with Gasteiger partial charge in [0.1, 0.15) is 12.3 Å². The summed E-state index contributed by atoms with van der Waals surface area (Å²) in [7, 11) is 3.30. The monoisotopic (exact) mass is 260 g/mol. The third-order valence-electron chi connectivity index (χ3n) is 2.53. The molecule has 0 N–H and O–H groups in total. The molecule has 0 aliphatic carbocycles. The van der Waals surface area contributed by atoms with Crippen molar-refractivity contribution in [3.63, 3.8) is 0 Å². The van der Waals surface area contributed by atoms with Crippen LogP contribution in [0.1, 0.15) is 0 Å². The lowest BCUT2D eigenvalue weighted by molar-refractivity contribution is 0.115. The number of pyridine rings is 1. The molecule has 0 radical (unpaired) electrons. The molecule has 0 aliphatic rings. The average molecular weight is 260 g/mol. The molecule has 0 bridgehead atoms. The highest BCUT2D eigenvalue weighted by atomic mass is 16.6. The average Bonchev–Trinajstić information content (AvgIpc) is 2.88. The molecule has 0 aromatic carbocycles. The first kappa shape index (κ1) is 13.1. The lowest BCUT2D eigenvalue weighted by Crippen LogP contribution is -2.24. The quantitative estimate of drug-likeness (QED) is 0.838. The van der Waals surface area contributed by atoms with Crippen LogP contribution >= 0.6 is 0 Å². The Balaban J connectivity index is 1.99. The highest BCUT2D eigenvalue weighted by Gasteiger charge is 2.08. The Kier molecular flexibility index (Phi) is 4.12. The second kappa shape index (κ2) is 5.99. The minimum absolute atomic E-state index is 0.299. The summed E-state index contributed by atoms with van der Waals surface area (Å²) >= 11 is 0. The van der Waals surface area contributed by atoms with Crippen LogP contribution < -0.4 is 0 Å².